The quantitative estimate of drug-likeness (QED) is 0.851. The zero-order chi connectivity index (χ0) is 17.8. The molecule has 1 aliphatic heterocycles. The number of nitrogens with zero attached hydrogens (tertiary/aromatic N) is 1. The maximum absolute atomic E-state index is 12.9. The lowest BCUT2D eigenvalue weighted by molar-refractivity contribution is -0.117. The summed E-state index contributed by atoms with van der Waals surface area (Å²) < 4.78 is 5.14. The second-order valence-electron chi connectivity index (χ2n) is 5.85. The minimum absolute atomic E-state index is 0.0164. The molecule has 2 aromatic carbocycles. The Balaban J connectivity index is 1.76. The molecule has 0 spiro atoms. The van der Waals surface area contributed by atoms with E-state index >= 15 is 0 Å². The van der Waals surface area contributed by atoms with Crippen molar-refractivity contribution in [3.8, 4) is 5.75 Å². The van der Waals surface area contributed by atoms with Gasteiger partial charge in [0.15, 0.2) is 0 Å². The largest absolute Gasteiger partial charge is 0.497 e. The molecule has 0 saturated carbocycles. The van der Waals surface area contributed by atoms with Crippen LogP contribution in [0.1, 0.15) is 13.3 Å². The normalized spacial score (nSPS) is 16.6. The first-order valence-electron chi connectivity index (χ1n) is 8.06. The summed E-state index contributed by atoms with van der Waals surface area (Å²) in [6.07, 6.45) is 0.285. The van der Waals surface area contributed by atoms with E-state index in [1.54, 1.807) is 12.0 Å². The number of carbonyl (C=O) groups is 2. The van der Waals surface area contributed by atoms with Gasteiger partial charge in [-0.1, -0.05) is 12.1 Å². The van der Waals surface area contributed by atoms with Gasteiger partial charge in [0.1, 0.15) is 5.75 Å². The second kappa shape index (κ2) is 7.61. The molecule has 3 rings (SSSR count). The molecule has 1 N–H and O–H groups in total. The van der Waals surface area contributed by atoms with Crippen molar-refractivity contribution in [2.24, 2.45) is 0 Å². The molecule has 0 bridgehead atoms. The van der Waals surface area contributed by atoms with Crippen LogP contribution in [0.2, 0.25) is 0 Å². The third-order valence-electron chi connectivity index (χ3n) is 4.05. The van der Waals surface area contributed by atoms with Crippen LogP contribution in [0, 0.1) is 0 Å². The predicted molar refractivity (Wildman–Crippen MR) is 100 cm³/mol. The van der Waals surface area contributed by atoms with Gasteiger partial charge in [0, 0.05) is 17.4 Å². The van der Waals surface area contributed by atoms with Gasteiger partial charge >= 0.3 is 0 Å². The third kappa shape index (κ3) is 3.96. The van der Waals surface area contributed by atoms with Crippen LogP contribution >= 0.6 is 11.8 Å². The monoisotopic (exact) mass is 356 g/mol. The number of amides is 2. The van der Waals surface area contributed by atoms with Gasteiger partial charge in [0.2, 0.25) is 11.8 Å². The summed E-state index contributed by atoms with van der Waals surface area (Å²) in [6, 6.07) is 14.8. The molecule has 130 valence electrons. The number of carbonyl (C=O) groups excluding carboxylic acids is 2. The molecule has 1 heterocycles. The lowest BCUT2D eigenvalue weighted by atomic mass is 10.2. The topological polar surface area (TPSA) is 58.6 Å². The van der Waals surface area contributed by atoms with Gasteiger partial charge in [-0.25, -0.2) is 0 Å². The van der Waals surface area contributed by atoms with E-state index in [0.717, 1.165) is 16.3 Å². The van der Waals surface area contributed by atoms with Crippen LogP contribution in [0.3, 0.4) is 0 Å². The highest BCUT2D eigenvalue weighted by Crippen LogP contribution is 2.32. The van der Waals surface area contributed by atoms with Crippen LogP contribution in [0.5, 0.6) is 5.75 Å². The Kier molecular flexibility index (Phi) is 5.28. The van der Waals surface area contributed by atoms with Gasteiger partial charge in [-0.3, -0.25) is 9.59 Å². The predicted octanol–water partition coefficient (Wildman–Crippen LogP) is 3.55. The molecular formula is C19H20N2O3S. The van der Waals surface area contributed by atoms with Crippen molar-refractivity contribution in [1.82, 2.24) is 0 Å². The number of nitrogens with one attached hydrogen (secondary N) is 1. The third-order valence-corrected chi connectivity index (χ3v) is 5.05. The number of fused-ring (bicyclic) bond motifs is 1. The molecule has 2 amide bonds. The molecule has 25 heavy (non-hydrogen) atoms. The minimum atomic E-state index is -0.187. The second-order valence-corrected chi connectivity index (χ2v) is 6.90. The highest BCUT2D eigenvalue weighted by Gasteiger charge is 2.29. The van der Waals surface area contributed by atoms with Gasteiger partial charge in [-0.05, 0) is 43.3 Å². The van der Waals surface area contributed by atoms with E-state index in [-0.39, 0.29) is 24.3 Å². The summed E-state index contributed by atoms with van der Waals surface area (Å²) in [5.74, 6) is 1.00. The van der Waals surface area contributed by atoms with Gasteiger partial charge < -0.3 is 15.0 Å². The minimum Gasteiger partial charge on any atom is -0.497 e. The van der Waals surface area contributed by atoms with E-state index in [1.165, 1.54) is 11.8 Å². The molecule has 2 aromatic rings. The smallest absolute Gasteiger partial charge is 0.237 e. The molecular weight excluding hydrogens is 336 g/mol. The number of methoxy groups -OCH3 is 1. The summed E-state index contributed by atoms with van der Waals surface area (Å²) in [6.45, 7) is 1.90. The standard InChI is InChI=1S/C19H20N2O3S/c1-13-11-18(22)20-16-5-3-4-6-17(16)21(13)19(23)12-25-15-9-7-14(24-2)8-10-15/h3-10,13H,11-12H2,1-2H3,(H,20,22). The average Bonchev–Trinajstić information content (AvgIpc) is 2.74. The lowest BCUT2D eigenvalue weighted by Crippen LogP contribution is -2.40. The van der Waals surface area contributed by atoms with Gasteiger partial charge in [-0.2, -0.15) is 0 Å². The van der Waals surface area contributed by atoms with Crippen molar-refractivity contribution in [1.29, 1.82) is 0 Å². The summed E-state index contributed by atoms with van der Waals surface area (Å²) in [4.78, 5) is 27.6. The molecule has 5 nitrogen and oxygen atoms in total. The molecule has 1 atom stereocenters. The summed E-state index contributed by atoms with van der Waals surface area (Å²) in [7, 11) is 1.62. The molecule has 0 fully saturated rings. The van der Waals surface area contributed by atoms with Crippen molar-refractivity contribution >= 4 is 35.0 Å². The van der Waals surface area contributed by atoms with Crippen LogP contribution in [-0.2, 0) is 9.59 Å². The van der Waals surface area contributed by atoms with Crippen LogP contribution in [0.25, 0.3) is 0 Å². The Morgan fingerprint density at radius 3 is 2.68 bits per heavy atom. The maximum Gasteiger partial charge on any atom is 0.237 e. The van der Waals surface area contributed by atoms with Crippen molar-refractivity contribution in [3.63, 3.8) is 0 Å². The Morgan fingerprint density at radius 1 is 1.24 bits per heavy atom. The van der Waals surface area contributed by atoms with Crippen molar-refractivity contribution in [3.05, 3.63) is 48.5 Å². The van der Waals surface area contributed by atoms with Crippen LogP contribution in [-0.4, -0.2) is 30.7 Å². The van der Waals surface area contributed by atoms with Gasteiger partial charge in [-0.15, -0.1) is 11.8 Å². The molecule has 6 heteroatoms. The van der Waals surface area contributed by atoms with Crippen molar-refractivity contribution in [2.75, 3.05) is 23.1 Å². The van der Waals surface area contributed by atoms with Gasteiger partial charge in [0.25, 0.3) is 0 Å². The molecule has 0 aliphatic carbocycles. The number of anilines is 2. The first kappa shape index (κ1) is 17.4. The number of para-hydroxylation sites is 2. The zero-order valence-electron chi connectivity index (χ0n) is 14.2. The van der Waals surface area contributed by atoms with E-state index < -0.39 is 0 Å². The Labute approximate surface area is 151 Å². The SMILES string of the molecule is COc1ccc(SCC(=O)N2c3ccccc3NC(=O)CC2C)cc1. The van der Waals surface area contributed by atoms with E-state index in [4.69, 9.17) is 4.74 Å². The Hall–Kier alpha value is -2.47. The van der Waals surface area contributed by atoms with Crippen molar-refractivity contribution < 1.29 is 14.3 Å². The number of benzene rings is 2. The Morgan fingerprint density at radius 2 is 1.96 bits per heavy atom. The molecule has 0 radical (unpaired) electrons. The van der Waals surface area contributed by atoms with E-state index in [1.807, 2.05) is 55.5 Å². The first-order valence-corrected chi connectivity index (χ1v) is 9.05. The maximum atomic E-state index is 12.9. The number of ether oxygens (including phenoxy) is 1. The molecule has 1 aliphatic rings. The highest BCUT2D eigenvalue weighted by molar-refractivity contribution is 8.00. The summed E-state index contributed by atoms with van der Waals surface area (Å²) in [5, 5.41) is 2.87. The zero-order valence-corrected chi connectivity index (χ0v) is 15.0. The van der Waals surface area contributed by atoms with Crippen molar-refractivity contribution in [2.45, 2.75) is 24.3 Å². The highest BCUT2D eigenvalue weighted by atomic mass is 32.2. The average molecular weight is 356 g/mol. The van der Waals surface area contributed by atoms with Crippen LogP contribution in [0.4, 0.5) is 11.4 Å². The van der Waals surface area contributed by atoms with Crippen LogP contribution < -0.4 is 15.0 Å². The number of rotatable bonds is 4. The van der Waals surface area contributed by atoms with E-state index in [2.05, 4.69) is 5.32 Å². The van der Waals surface area contributed by atoms with Crippen LogP contribution in [0.15, 0.2) is 53.4 Å². The molecule has 0 saturated heterocycles. The van der Waals surface area contributed by atoms with E-state index in [0.29, 0.717) is 11.4 Å². The van der Waals surface area contributed by atoms with E-state index in [9.17, 15) is 9.59 Å². The van der Waals surface area contributed by atoms with Gasteiger partial charge in [0.05, 0.1) is 24.2 Å². The number of hydrogen-bond donors (Lipinski definition) is 1. The number of thioether (sulfide) groups is 1. The molecule has 0 aromatic heterocycles. The fourth-order valence-corrected chi connectivity index (χ4v) is 3.61. The summed E-state index contributed by atoms with van der Waals surface area (Å²) in [5.41, 5.74) is 1.43. The Bertz CT molecular complexity index is 776. The lowest BCUT2D eigenvalue weighted by Gasteiger charge is -2.27. The fraction of sp³-hybridized carbons (Fsp3) is 0.263. The number of hydrogen-bond acceptors (Lipinski definition) is 4. The fourth-order valence-electron chi connectivity index (χ4n) is 2.85. The molecule has 1 unspecified atom stereocenters. The first-order chi connectivity index (χ1) is 12.1. The summed E-state index contributed by atoms with van der Waals surface area (Å²) >= 11 is 1.47.